The topological polar surface area (TPSA) is 46.2 Å². The average Bonchev–Trinajstić information content (AvgIpc) is 2.40. The number of nitrogens with one attached hydrogen (secondary N) is 1. The predicted octanol–water partition coefficient (Wildman–Crippen LogP) is 2.80. The summed E-state index contributed by atoms with van der Waals surface area (Å²) in [6, 6.07) is 6.90. The third-order valence-corrected chi connectivity index (χ3v) is 4.68. The van der Waals surface area contributed by atoms with Gasteiger partial charge in [0.05, 0.1) is 4.90 Å². The molecule has 102 valence electrons. The fourth-order valence-corrected chi connectivity index (χ4v) is 3.07. The van der Waals surface area contributed by atoms with Gasteiger partial charge in [0.1, 0.15) is 0 Å². The molecule has 1 atom stereocenters. The maximum Gasteiger partial charge on any atom is 0.240 e. The summed E-state index contributed by atoms with van der Waals surface area (Å²) in [6.45, 7) is 2.41. The van der Waals surface area contributed by atoms with Gasteiger partial charge in [0, 0.05) is 6.54 Å². The first kappa shape index (κ1) is 14.0. The summed E-state index contributed by atoms with van der Waals surface area (Å²) >= 11 is 0. The molecule has 0 aliphatic heterocycles. The first-order valence-electron chi connectivity index (χ1n) is 6.47. The molecule has 1 aliphatic carbocycles. The smallest absolute Gasteiger partial charge is 0.211 e. The molecule has 3 nitrogen and oxygen atoms in total. The van der Waals surface area contributed by atoms with Gasteiger partial charge < -0.3 is 0 Å². The summed E-state index contributed by atoms with van der Waals surface area (Å²) in [5.41, 5.74) is 1.05. The second-order valence-electron chi connectivity index (χ2n) is 4.81. The number of hydrogen-bond acceptors (Lipinski definition) is 2. The highest BCUT2D eigenvalue weighted by atomic mass is 32.2. The molecule has 0 saturated carbocycles. The van der Waals surface area contributed by atoms with E-state index in [1.807, 2.05) is 31.2 Å². The van der Waals surface area contributed by atoms with Crippen LogP contribution < -0.4 is 4.72 Å². The van der Waals surface area contributed by atoms with Crippen LogP contribution in [0, 0.1) is 12.8 Å². The van der Waals surface area contributed by atoms with Gasteiger partial charge in [0.2, 0.25) is 10.0 Å². The highest BCUT2D eigenvalue weighted by molar-refractivity contribution is 7.89. The van der Waals surface area contributed by atoms with Crippen molar-refractivity contribution in [2.24, 2.45) is 5.92 Å². The maximum absolute atomic E-state index is 12.0. The van der Waals surface area contributed by atoms with Crippen LogP contribution in [0.3, 0.4) is 0 Å². The monoisotopic (exact) mass is 277 g/mol. The van der Waals surface area contributed by atoms with Gasteiger partial charge in [-0.15, -0.1) is 0 Å². The van der Waals surface area contributed by atoms with Gasteiger partial charge >= 0.3 is 0 Å². The molecule has 1 aromatic rings. The Balaban J connectivity index is 1.89. The molecule has 0 spiro atoms. The van der Waals surface area contributed by atoms with Crippen molar-refractivity contribution in [3.8, 4) is 0 Å². The SMILES string of the molecule is Cc1ccc(S(=O)(=O)NCCC2C=CC=CC2)cc1. The molecule has 0 radical (unpaired) electrons. The fourth-order valence-electron chi connectivity index (χ4n) is 2.03. The van der Waals surface area contributed by atoms with Gasteiger partial charge in [-0.1, -0.05) is 42.0 Å². The number of benzene rings is 1. The van der Waals surface area contributed by atoms with Crippen molar-refractivity contribution in [1.29, 1.82) is 0 Å². The van der Waals surface area contributed by atoms with Gasteiger partial charge in [-0.2, -0.15) is 0 Å². The zero-order valence-corrected chi connectivity index (χ0v) is 11.9. The van der Waals surface area contributed by atoms with E-state index in [9.17, 15) is 8.42 Å². The minimum absolute atomic E-state index is 0.331. The van der Waals surface area contributed by atoms with Crippen LogP contribution in [0.15, 0.2) is 53.5 Å². The minimum atomic E-state index is -3.37. The second kappa shape index (κ2) is 6.17. The lowest BCUT2D eigenvalue weighted by Crippen LogP contribution is -2.26. The van der Waals surface area contributed by atoms with Crippen LogP contribution in [0.2, 0.25) is 0 Å². The lowest BCUT2D eigenvalue weighted by Gasteiger charge is -2.13. The van der Waals surface area contributed by atoms with Crippen molar-refractivity contribution in [2.45, 2.75) is 24.7 Å². The van der Waals surface area contributed by atoms with E-state index < -0.39 is 10.0 Å². The molecule has 1 aliphatic rings. The van der Waals surface area contributed by atoms with E-state index in [0.717, 1.165) is 18.4 Å². The Kier molecular flexibility index (Phi) is 4.56. The van der Waals surface area contributed by atoms with E-state index in [1.165, 1.54) is 0 Å². The summed E-state index contributed by atoms with van der Waals surface area (Å²) in [7, 11) is -3.37. The van der Waals surface area contributed by atoms with E-state index in [-0.39, 0.29) is 0 Å². The number of hydrogen-bond donors (Lipinski definition) is 1. The van der Waals surface area contributed by atoms with Crippen LogP contribution in [-0.2, 0) is 10.0 Å². The lowest BCUT2D eigenvalue weighted by atomic mass is 9.98. The molecule has 2 rings (SSSR count). The third-order valence-electron chi connectivity index (χ3n) is 3.21. The second-order valence-corrected chi connectivity index (χ2v) is 6.58. The van der Waals surface area contributed by atoms with E-state index in [2.05, 4.69) is 16.9 Å². The van der Waals surface area contributed by atoms with Crippen molar-refractivity contribution < 1.29 is 8.42 Å². The van der Waals surface area contributed by atoms with Crippen molar-refractivity contribution in [3.05, 3.63) is 54.1 Å². The van der Waals surface area contributed by atoms with Gasteiger partial charge in [-0.3, -0.25) is 0 Å². The van der Waals surface area contributed by atoms with Gasteiger partial charge in [-0.05, 0) is 37.8 Å². The van der Waals surface area contributed by atoms with Gasteiger partial charge in [0.25, 0.3) is 0 Å². The molecular weight excluding hydrogens is 258 g/mol. The molecule has 1 unspecified atom stereocenters. The number of sulfonamides is 1. The number of aryl methyl sites for hydroxylation is 1. The summed E-state index contributed by atoms with van der Waals surface area (Å²) in [5.74, 6) is 0.436. The molecular formula is C15H19NO2S. The van der Waals surface area contributed by atoms with Crippen molar-refractivity contribution >= 4 is 10.0 Å². The van der Waals surface area contributed by atoms with Crippen LogP contribution in [-0.4, -0.2) is 15.0 Å². The molecule has 0 fully saturated rings. The fraction of sp³-hybridized carbons (Fsp3) is 0.333. The van der Waals surface area contributed by atoms with Gasteiger partial charge in [0.15, 0.2) is 0 Å². The largest absolute Gasteiger partial charge is 0.240 e. The zero-order chi connectivity index (χ0) is 13.7. The van der Waals surface area contributed by atoms with Crippen molar-refractivity contribution in [2.75, 3.05) is 6.54 Å². The predicted molar refractivity (Wildman–Crippen MR) is 77.4 cm³/mol. The molecule has 0 bridgehead atoms. The van der Waals surface area contributed by atoms with Crippen LogP contribution >= 0.6 is 0 Å². The quantitative estimate of drug-likeness (QED) is 0.899. The normalized spacial score (nSPS) is 18.7. The Morgan fingerprint density at radius 3 is 2.58 bits per heavy atom. The number of allylic oxidation sites excluding steroid dienone is 4. The lowest BCUT2D eigenvalue weighted by molar-refractivity contribution is 0.555. The van der Waals surface area contributed by atoms with E-state index in [4.69, 9.17) is 0 Å². The van der Waals surface area contributed by atoms with Crippen molar-refractivity contribution in [1.82, 2.24) is 4.72 Å². The highest BCUT2D eigenvalue weighted by Crippen LogP contribution is 2.15. The Hall–Kier alpha value is -1.39. The molecule has 0 saturated heterocycles. The summed E-state index contributed by atoms with van der Waals surface area (Å²) in [4.78, 5) is 0.331. The molecule has 0 amide bonds. The van der Waals surface area contributed by atoms with Crippen LogP contribution in [0.1, 0.15) is 18.4 Å². The van der Waals surface area contributed by atoms with E-state index in [0.29, 0.717) is 17.4 Å². The summed E-state index contributed by atoms with van der Waals surface area (Å²) in [5, 5.41) is 0. The first-order chi connectivity index (χ1) is 9.08. The van der Waals surface area contributed by atoms with E-state index >= 15 is 0 Å². The first-order valence-corrected chi connectivity index (χ1v) is 7.96. The number of rotatable bonds is 5. The Bertz CT molecular complexity index is 571. The Labute approximate surface area is 115 Å². The molecule has 4 heteroatoms. The maximum atomic E-state index is 12.0. The van der Waals surface area contributed by atoms with Crippen LogP contribution in [0.25, 0.3) is 0 Å². The van der Waals surface area contributed by atoms with Gasteiger partial charge in [-0.25, -0.2) is 13.1 Å². The summed E-state index contributed by atoms with van der Waals surface area (Å²) in [6.07, 6.45) is 10.1. The highest BCUT2D eigenvalue weighted by Gasteiger charge is 2.14. The van der Waals surface area contributed by atoms with E-state index in [1.54, 1.807) is 12.1 Å². The molecule has 1 N–H and O–H groups in total. The van der Waals surface area contributed by atoms with Crippen molar-refractivity contribution in [3.63, 3.8) is 0 Å². The Morgan fingerprint density at radius 1 is 1.21 bits per heavy atom. The zero-order valence-electron chi connectivity index (χ0n) is 11.0. The Morgan fingerprint density at radius 2 is 1.95 bits per heavy atom. The summed E-state index contributed by atoms with van der Waals surface area (Å²) < 4.78 is 26.7. The molecule has 19 heavy (non-hydrogen) atoms. The molecule has 1 aromatic carbocycles. The van der Waals surface area contributed by atoms with Crippen LogP contribution in [0.4, 0.5) is 0 Å². The molecule has 0 heterocycles. The van der Waals surface area contributed by atoms with Crippen LogP contribution in [0.5, 0.6) is 0 Å². The minimum Gasteiger partial charge on any atom is -0.211 e. The third kappa shape index (κ3) is 4.04. The average molecular weight is 277 g/mol. The standard InChI is InChI=1S/C15H19NO2S/c1-13-7-9-15(10-8-13)19(17,18)16-12-11-14-5-3-2-4-6-14/h2-5,7-10,14,16H,6,11-12H2,1H3. The molecule has 0 aromatic heterocycles.